The van der Waals surface area contributed by atoms with Crippen molar-refractivity contribution in [1.29, 1.82) is 0 Å². The molecular formula is C12H20N4O. The standard InChI is InChI=1S/C12H20N4O/c1-3-7-17-12-10(13)11(14-8-15-12)16(4-2)9-5-6-9/h8-9H,3-7,13H2,1-2H3. The van der Waals surface area contributed by atoms with Crippen molar-refractivity contribution in [3.8, 4) is 5.88 Å². The van der Waals surface area contributed by atoms with Crippen LogP contribution in [0.4, 0.5) is 11.5 Å². The van der Waals surface area contributed by atoms with Crippen LogP contribution in [0.15, 0.2) is 6.33 Å². The summed E-state index contributed by atoms with van der Waals surface area (Å²) in [6.45, 7) is 5.72. The predicted molar refractivity (Wildman–Crippen MR) is 68.3 cm³/mol. The molecule has 0 bridgehead atoms. The average molecular weight is 236 g/mol. The Balaban J connectivity index is 2.20. The molecule has 2 rings (SSSR count). The molecule has 0 saturated heterocycles. The highest BCUT2D eigenvalue weighted by Gasteiger charge is 2.30. The highest BCUT2D eigenvalue weighted by atomic mass is 16.5. The van der Waals surface area contributed by atoms with E-state index in [9.17, 15) is 0 Å². The highest BCUT2D eigenvalue weighted by Crippen LogP contribution is 2.35. The summed E-state index contributed by atoms with van der Waals surface area (Å²) in [4.78, 5) is 10.6. The summed E-state index contributed by atoms with van der Waals surface area (Å²) in [5.41, 5.74) is 6.64. The largest absolute Gasteiger partial charge is 0.476 e. The van der Waals surface area contributed by atoms with Gasteiger partial charge in [0.25, 0.3) is 0 Å². The minimum absolute atomic E-state index is 0.510. The van der Waals surface area contributed by atoms with Gasteiger partial charge in [0, 0.05) is 12.6 Å². The van der Waals surface area contributed by atoms with E-state index in [0.29, 0.717) is 24.2 Å². The third-order valence-electron chi connectivity index (χ3n) is 2.87. The number of hydrogen-bond acceptors (Lipinski definition) is 5. The smallest absolute Gasteiger partial charge is 0.242 e. The minimum Gasteiger partial charge on any atom is -0.476 e. The zero-order chi connectivity index (χ0) is 12.3. The van der Waals surface area contributed by atoms with Gasteiger partial charge in [-0.1, -0.05) is 6.92 Å². The first-order valence-corrected chi connectivity index (χ1v) is 6.27. The lowest BCUT2D eigenvalue weighted by atomic mass is 10.4. The predicted octanol–water partition coefficient (Wildman–Crippen LogP) is 1.84. The van der Waals surface area contributed by atoms with Crippen LogP contribution in [0, 0.1) is 0 Å². The first kappa shape index (κ1) is 12.0. The molecule has 17 heavy (non-hydrogen) atoms. The number of aromatic nitrogens is 2. The SMILES string of the molecule is CCCOc1ncnc(N(CC)C2CC2)c1N. The Kier molecular flexibility index (Phi) is 3.66. The topological polar surface area (TPSA) is 64.3 Å². The lowest BCUT2D eigenvalue weighted by Crippen LogP contribution is -2.27. The Labute approximate surface area is 102 Å². The molecule has 5 heteroatoms. The van der Waals surface area contributed by atoms with Gasteiger partial charge in [0.2, 0.25) is 5.88 Å². The second-order valence-corrected chi connectivity index (χ2v) is 4.28. The van der Waals surface area contributed by atoms with Crippen LogP contribution < -0.4 is 15.4 Å². The maximum atomic E-state index is 6.07. The molecule has 1 aliphatic rings. The maximum Gasteiger partial charge on any atom is 0.242 e. The lowest BCUT2D eigenvalue weighted by molar-refractivity contribution is 0.306. The van der Waals surface area contributed by atoms with E-state index in [1.807, 2.05) is 0 Å². The molecule has 0 aliphatic heterocycles. The van der Waals surface area contributed by atoms with Crippen LogP contribution in [-0.2, 0) is 0 Å². The Bertz CT molecular complexity index is 379. The van der Waals surface area contributed by atoms with Gasteiger partial charge < -0.3 is 15.4 Å². The Morgan fingerprint density at radius 1 is 1.41 bits per heavy atom. The van der Waals surface area contributed by atoms with E-state index in [0.717, 1.165) is 18.8 Å². The van der Waals surface area contributed by atoms with Gasteiger partial charge in [0.1, 0.15) is 12.0 Å². The van der Waals surface area contributed by atoms with Crippen LogP contribution in [0.5, 0.6) is 5.88 Å². The van der Waals surface area contributed by atoms with Crippen molar-refractivity contribution in [2.24, 2.45) is 0 Å². The minimum atomic E-state index is 0.510. The first-order chi connectivity index (χ1) is 8.27. The van der Waals surface area contributed by atoms with E-state index < -0.39 is 0 Å². The quantitative estimate of drug-likeness (QED) is 0.816. The van der Waals surface area contributed by atoms with E-state index in [1.165, 1.54) is 19.2 Å². The van der Waals surface area contributed by atoms with Crippen LogP contribution in [0.25, 0.3) is 0 Å². The zero-order valence-electron chi connectivity index (χ0n) is 10.5. The number of nitrogens with two attached hydrogens (primary N) is 1. The van der Waals surface area contributed by atoms with Crippen molar-refractivity contribution in [2.45, 2.75) is 39.2 Å². The summed E-state index contributed by atoms with van der Waals surface area (Å²) in [6.07, 6.45) is 4.92. The summed E-state index contributed by atoms with van der Waals surface area (Å²) in [6, 6.07) is 0.594. The van der Waals surface area contributed by atoms with Crippen molar-refractivity contribution in [1.82, 2.24) is 9.97 Å². The van der Waals surface area contributed by atoms with Gasteiger partial charge in [-0.15, -0.1) is 0 Å². The molecule has 2 N–H and O–H groups in total. The van der Waals surface area contributed by atoms with Crippen LogP contribution in [-0.4, -0.2) is 29.2 Å². The summed E-state index contributed by atoms with van der Waals surface area (Å²) in [5, 5.41) is 0. The third kappa shape index (κ3) is 2.60. The fraction of sp³-hybridized carbons (Fsp3) is 0.667. The van der Waals surface area contributed by atoms with E-state index >= 15 is 0 Å². The fourth-order valence-corrected chi connectivity index (χ4v) is 1.88. The molecule has 0 radical (unpaired) electrons. The van der Waals surface area contributed by atoms with E-state index in [2.05, 4.69) is 28.7 Å². The molecule has 0 aromatic carbocycles. The van der Waals surface area contributed by atoms with Gasteiger partial charge in [0.15, 0.2) is 5.82 Å². The van der Waals surface area contributed by atoms with E-state index in [4.69, 9.17) is 10.5 Å². The van der Waals surface area contributed by atoms with Crippen molar-refractivity contribution >= 4 is 11.5 Å². The molecule has 1 saturated carbocycles. The number of hydrogen-bond donors (Lipinski definition) is 1. The van der Waals surface area contributed by atoms with Crippen LogP contribution in [0.2, 0.25) is 0 Å². The Morgan fingerprint density at radius 2 is 2.18 bits per heavy atom. The third-order valence-corrected chi connectivity index (χ3v) is 2.87. The highest BCUT2D eigenvalue weighted by molar-refractivity contribution is 5.68. The molecule has 1 heterocycles. The summed E-state index contributed by atoms with van der Waals surface area (Å²) >= 11 is 0. The zero-order valence-corrected chi connectivity index (χ0v) is 10.5. The molecule has 0 unspecified atom stereocenters. The normalized spacial score (nSPS) is 14.7. The van der Waals surface area contributed by atoms with Gasteiger partial charge in [-0.2, -0.15) is 4.98 Å². The maximum absolute atomic E-state index is 6.07. The van der Waals surface area contributed by atoms with Gasteiger partial charge >= 0.3 is 0 Å². The molecule has 5 nitrogen and oxygen atoms in total. The Hall–Kier alpha value is -1.52. The number of anilines is 2. The first-order valence-electron chi connectivity index (χ1n) is 6.27. The van der Waals surface area contributed by atoms with E-state index in [1.54, 1.807) is 0 Å². The second kappa shape index (κ2) is 5.21. The van der Waals surface area contributed by atoms with Gasteiger partial charge in [-0.05, 0) is 26.2 Å². The molecule has 1 aliphatic carbocycles. The Morgan fingerprint density at radius 3 is 2.76 bits per heavy atom. The number of nitrogen functional groups attached to an aromatic ring is 1. The molecule has 0 amide bonds. The summed E-state index contributed by atoms with van der Waals surface area (Å²) in [7, 11) is 0. The number of rotatable bonds is 6. The number of nitrogens with zero attached hydrogens (tertiary/aromatic N) is 3. The molecule has 94 valence electrons. The van der Waals surface area contributed by atoms with Crippen LogP contribution in [0.3, 0.4) is 0 Å². The average Bonchev–Trinajstić information content (AvgIpc) is 3.15. The van der Waals surface area contributed by atoms with Crippen molar-refractivity contribution < 1.29 is 4.74 Å². The molecule has 0 atom stereocenters. The monoisotopic (exact) mass is 236 g/mol. The van der Waals surface area contributed by atoms with Gasteiger partial charge in [0.05, 0.1) is 6.61 Å². The van der Waals surface area contributed by atoms with Crippen molar-refractivity contribution in [3.05, 3.63) is 6.33 Å². The van der Waals surface area contributed by atoms with Crippen LogP contribution >= 0.6 is 0 Å². The summed E-state index contributed by atoms with van der Waals surface area (Å²) in [5.74, 6) is 1.33. The fourth-order valence-electron chi connectivity index (χ4n) is 1.88. The van der Waals surface area contributed by atoms with Gasteiger partial charge in [-0.25, -0.2) is 4.98 Å². The van der Waals surface area contributed by atoms with Crippen molar-refractivity contribution in [2.75, 3.05) is 23.8 Å². The molecule has 0 spiro atoms. The molecular weight excluding hydrogens is 216 g/mol. The second-order valence-electron chi connectivity index (χ2n) is 4.28. The lowest BCUT2D eigenvalue weighted by Gasteiger charge is -2.23. The van der Waals surface area contributed by atoms with Crippen molar-refractivity contribution in [3.63, 3.8) is 0 Å². The van der Waals surface area contributed by atoms with Crippen LogP contribution in [0.1, 0.15) is 33.1 Å². The van der Waals surface area contributed by atoms with E-state index in [-0.39, 0.29) is 0 Å². The molecule has 1 aromatic rings. The van der Waals surface area contributed by atoms with Gasteiger partial charge in [-0.3, -0.25) is 0 Å². The summed E-state index contributed by atoms with van der Waals surface area (Å²) < 4.78 is 5.52. The molecule has 1 aromatic heterocycles. The number of ether oxygens (including phenoxy) is 1. The molecule has 1 fully saturated rings.